The Morgan fingerprint density at radius 1 is 0.800 bits per heavy atom. The van der Waals surface area contributed by atoms with E-state index in [0.29, 0.717) is 5.92 Å². The summed E-state index contributed by atoms with van der Waals surface area (Å²) in [6, 6.07) is 18.6. The molecule has 122 valence electrons. The van der Waals surface area contributed by atoms with Crippen molar-refractivity contribution in [2.45, 2.75) is 19.8 Å². The molecule has 2 nitrogen and oxygen atoms in total. The van der Waals surface area contributed by atoms with E-state index in [2.05, 4.69) is 49.4 Å². The van der Waals surface area contributed by atoms with Crippen molar-refractivity contribution >= 4 is 16.6 Å². The van der Waals surface area contributed by atoms with E-state index in [4.69, 9.17) is 9.97 Å². The Labute approximate surface area is 148 Å². The molecule has 3 aromatic rings. The van der Waals surface area contributed by atoms with Crippen molar-refractivity contribution in [1.82, 2.24) is 9.97 Å². The van der Waals surface area contributed by atoms with Crippen LogP contribution in [0.2, 0.25) is 0 Å². The first kappa shape index (κ1) is 14.6. The van der Waals surface area contributed by atoms with Crippen LogP contribution in [-0.4, -0.2) is 9.97 Å². The number of para-hydroxylation sites is 2. The fraction of sp³-hybridized carbons (Fsp3) is 0.217. The number of hydrogen-bond acceptors (Lipinski definition) is 2. The first-order valence-corrected chi connectivity index (χ1v) is 9.08. The van der Waals surface area contributed by atoms with Gasteiger partial charge in [0.2, 0.25) is 0 Å². The molecule has 1 saturated carbocycles. The summed E-state index contributed by atoms with van der Waals surface area (Å²) in [5.41, 5.74) is 8.08. The molecule has 25 heavy (non-hydrogen) atoms. The largest absolute Gasteiger partial charge is 0.244 e. The summed E-state index contributed by atoms with van der Waals surface area (Å²) < 4.78 is 0. The maximum absolute atomic E-state index is 5.04. The molecule has 2 aliphatic rings. The predicted octanol–water partition coefficient (Wildman–Crippen LogP) is 5.67. The average Bonchev–Trinajstić information content (AvgIpc) is 3.48. The second-order valence-electron chi connectivity index (χ2n) is 6.94. The smallest absolute Gasteiger partial charge is 0.0969 e. The number of aromatic nitrogens is 2. The number of benzene rings is 2. The molecule has 1 heterocycles. The van der Waals surface area contributed by atoms with Crippen molar-refractivity contribution in [1.29, 1.82) is 0 Å². The molecule has 0 aliphatic heterocycles. The van der Waals surface area contributed by atoms with Gasteiger partial charge in [0.1, 0.15) is 0 Å². The molecule has 2 aromatic carbocycles. The van der Waals surface area contributed by atoms with Gasteiger partial charge in [-0.15, -0.1) is 0 Å². The highest BCUT2D eigenvalue weighted by Gasteiger charge is 2.44. The van der Waals surface area contributed by atoms with Crippen molar-refractivity contribution in [3.05, 3.63) is 78.0 Å². The molecule has 0 amide bonds. The average molecular weight is 324 g/mol. The highest BCUT2D eigenvalue weighted by atomic mass is 14.8. The van der Waals surface area contributed by atoms with Gasteiger partial charge in [-0.1, -0.05) is 67.1 Å². The summed E-state index contributed by atoms with van der Waals surface area (Å²) in [4.78, 5) is 10.0. The van der Waals surface area contributed by atoms with Gasteiger partial charge >= 0.3 is 0 Å². The van der Waals surface area contributed by atoms with Crippen molar-refractivity contribution in [2.75, 3.05) is 0 Å². The van der Waals surface area contributed by atoms with Gasteiger partial charge in [0.25, 0.3) is 0 Å². The molecule has 1 fully saturated rings. The van der Waals surface area contributed by atoms with Crippen LogP contribution >= 0.6 is 0 Å². The number of hydrogen-bond donors (Lipinski definition) is 0. The fourth-order valence-corrected chi connectivity index (χ4v) is 4.03. The number of fused-ring (bicyclic) bond motifs is 2. The Morgan fingerprint density at radius 2 is 1.48 bits per heavy atom. The molecule has 2 atom stereocenters. The topological polar surface area (TPSA) is 25.8 Å². The van der Waals surface area contributed by atoms with Crippen LogP contribution in [0.1, 0.15) is 25.5 Å². The van der Waals surface area contributed by atoms with Crippen LogP contribution in [0.3, 0.4) is 0 Å². The molecule has 2 aliphatic carbocycles. The van der Waals surface area contributed by atoms with E-state index in [0.717, 1.165) is 40.3 Å². The molecule has 1 aromatic heterocycles. The van der Waals surface area contributed by atoms with Crippen LogP contribution in [0.5, 0.6) is 0 Å². The van der Waals surface area contributed by atoms with E-state index in [9.17, 15) is 0 Å². The van der Waals surface area contributed by atoms with Gasteiger partial charge in [-0.05, 0) is 42.4 Å². The van der Waals surface area contributed by atoms with Gasteiger partial charge in [0.15, 0.2) is 0 Å². The molecular formula is C23H20N2. The molecule has 5 rings (SSSR count). The molecule has 0 bridgehead atoms. The molecule has 0 radical (unpaired) electrons. The molecule has 2 heteroatoms. The van der Waals surface area contributed by atoms with Crippen LogP contribution in [0.25, 0.3) is 27.9 Å². The lowest BCUT2D eigenvalue weighted by Crippen LogP contribution is -2.03. The van der Waals surface area contributed by atoms with Crippen molar-refractivity contribution in [2.24, 2.45) is 11.8 Å². The van der Waals surface area contributed by atoms with Crippen molar-refractivity contribution < 1.29 is 0 Å². The zero-order valence-electron chi connectivity index (χ0n) is 14.3. The van der Waals surface area contributed by atoms with Crippen LogP contribution in [0, 0.1) is 11.8 Å². The first-order chi connectivity index (χ1) is 12.3. The third-order valence-electron chi connectivity index (χ3n) is 5.44. The monoisotopic (exact) mass is 324 g/mol. The number of nitrogens with zero attached hydrogens (tertiary/aromatic N) is 2. The maximum Gasteiger partial charge on any atom is 0.0969 e. The van der Waals surface area contributed by atoms with Gasteiger partial charge in [-0.25, -0.2) is 9.97 Å². The lowest BCUT2D eigenvalue weighted by atomic mass is 9.92. The van der Waals surface area contributed by atoms with Gasteiger partial charge < -0.3 is 0 Å². The zero-order valence-corrected chi connectivity index (χ0v) is 14.3. The third kappa shape index (κ3) is 2.41. The Kier molecular flexibility index (Phi) is 3.30. The highest BCUT2D eigenvalue weighted by Crippen LogP contribution is 2.55. The van der Waals surface area contributed by atoms with Gasteiger partial charge in [0.05, 0.1) is 22.4 Å². The second-order valence-corrected chi connectivity index (χ2v) is 6.94. The van der Waals surface area contributed by atoms with E-state index in [1.165, 1.54) is 12.0 Å². The van der Waals surface area contributed by atoms with Crippen molar-refractivity contribution in [3.8, 4) is 11.3 Å². The number of allylic oxidation sites excluding steroid dienone is 4. The summed E-state index contributed by atoms with van der Waals surface area (Å²) in [6.07, 6.45) is 7.02. The molecule has 0 spiro atoms. The minimum absolute atomic E-state index is 0.623. The normalized spacial score (nSPS) is 21.5. The van der Waals surface area contributed by atoms with E-state index >= 15 is 0 Å². The van der Waals surface area contributed by atoms with E-state index in [-0.39, 0.29) is 0 Å². The lowest BCUT2D eigenvalue weighted by Gasteiger charge is -2.16. The Morgan fingerprint density at radius 3 is 2.20 bits per heavy atom. The van der Waals surface area contributed by atoms with Gasteiger partial charge in [-0.2, -0.15) is 0 Å². The SMILES string of the molecule is CCC1=CC=C(c2nc3ccccc3nc2-c2ccccc2)C2CC12. The molecule has 0 N–H and O–H groups in total. The number of rotatable bonds is 3. The second kappa shape index (κ2) is 5.66. The van der Waals surface area contributed by atoms with Gasteiger partial charge in [-0.3, -0.25) is 0 Å². The minimum Gasteiger partial charge on any atom is -0.244 e. The fourth-order valence-electron chi connectivity index (χ4n) is 4.03. The highest BCUT2D eigenvalue weighted by molar-refractivity contribution is 5.86. The molecular weight excluding hydrogens is 304 g/mol. The third-order valence-corrected chi connectivity index (χ3v) is 5.44. The zero-order chi connectivity index (χ0) is 16.8. The van der Waals surface area contributed by atoms with Crippen LogP contribution in [0.4, 0.5) is 0 Å². The van der Waals surface area contributed by atoms with E-state index < -0.39 is 0 Å². The predicted molar refractivity (Wildman–Crippen MR) is 103 cm³/mol. The Hall–Kier alpha value is -2.74. The standard InChI is InChI=1S/C23H20N2/c1-2-15-12-13-17(19-14-18(15)19)23-22(16-8-4-3-5-9-16)24-20-10-6-7-11-21(20)25-23/h3-13,18-19H,2,14H2,1H3. The van der Waals surface area contributed by atoms with Crippen LogP contribution in [0.15, 0.2) is 72.3 Å². The summed E-state index contributed by atoms with van der Waals surface area (Å²) in [5, 5.41) is 0. The molecule has 2 unspecified atom stereocenters. The Bertz CT molecular complexity index is 1010. The minimum atomic E-state index is 0.623. The van der Waals surface area contributed by atoms with Gasteiger partial charge in [0, 0.05) is 5.56 Å². The van der Waals surface area contributed by atoms with E-state index in [1.54, 1.807) is 5.57 Å². The summed E-state index contributed by atoms with van der Waals surface area (Å²) in [5.74, 6) is 1.35. The summed E-state index contributed by atoms with van der Waals surface area (Å²) >= 11 is 0. The summed E-state index contributed by atoms with van der Waals surface area (Å²) in [6.45, 7) is 2.26. The Balaban J connectivity index is 1.74. The lowest BCUT2D eigenvalue weighted by molar-refractivity contribution is 0.857. The maximum atomic E-state index is 5.04. The van der Waals surface area contributed by atoms with E-state index in [1.807, 2.05) is 24.3 Å². The summed E-state index contributed by atoms with van der Waals surface area (Å²) in [7, 11) is 0. The first-order valence-electron chi connectivity index (χ1n) is 9.08. The van der Waals surface area contributed by atoms with Crippen LogP contribution < -0.4 is 0 Å². The molecule has 0 saturated heterocycles. The van der Waals surface area contributed by atoms with Crippen LogP contribution in [-0.2, 0) is 0 Å². The van der Waals surface area contributed by atoms with Crippen molar-refractivity contribution in [3.63, 3.8) is 0 Å². The quantitative estimate of drug-likeness (QED) is 0.620.